The van der Waals surface area contributed by atoms with Crippen LogP contribution in [0.2, 0.25) is 5.02 Å². The lowest BCUT2D eigenvalue weighted by Crippen LogP contribution is -2.49. The SMILES string of the molecule is COc1ccc(CCN2CCN(C(=O)c3c(C)nn(Cc4ccccc4Cl)c3C)CC2)cc1. The van der Waals surface area contributed by atoms with Crippen LogP contribution in [0.4, 0.5) is 0 Å². The van der Waals surface area contributed by atoms with Crippen molar-refractivity contribution in [1.29, 1.82) is 0 Å². The molecule has 6 nitrogen and oxygen atoms in total. The average Bonchev–Trinajstić information content (AvgIpc) is 3.12. The van der Waals surface area contributed by atoms with Gasteiger partial charge in [-0.15, -0.1) is 0 Å². The van der Waals surface area contributed by atoms with Gasteiger partial charge in [-0.1, -0.05) is 41.9 Å². The molecule has 0 spiro atoms. The van der Waals surface area contributed by atoms with Gasteiger partial charge in [-0.05, 0) is 49.6 Å². The lowest BCUT2D eigenvalue weighted by Gasteiger charge is -2.34. The minimum Gasteiger partial charge on any atom is -0.497 e. The van der Waals surface area contributed by atoms with Crippen molar-refractivity contribution in [3.05, 3.63) is 81.6 Å². The molecular weight excluding hydrogens is 436 g/mol. The van der Waals surface area contributed by atoms with E-state index in [9.17, 15) is 4.79 Å². The van der Waals surface area contributed by atoms with Crippen LogP contribution in [-0.2, 0) is 13.0 Å². The van der Waals surface area contributed by atoms with Gasteiger partial charge in [0.05, 0.1) is 24.9 Å². The second kappa shape index (κ2) is 10.4. The highest BCUT2D eigenvalue weighted by Crippen LogP contribution is 2.21. The van der Waals surface area contributed by atoms with E-state index in [1.54, 1.807) is 7.11 Å². The van der Waals surface area contributed by atoms with E-state index in [1.165, 1.54) is 5.56 Å². The maximum absolute atomic E-state index is 13.3. The predicted octanol–water partition coefficient (Wildman–Crippen LogP) is 4.21. The number of piperazine rings is 1. The van der Waals surface area contributed by atoms with Gasteiger partial charge in [-0.3, -0.25) is 14.4 Å². The van der Waals surface area contributed by atoms with E-state index in [-0.39, 0.29) is 5.91 Å². The smallest absolute Gasteiger partial charge is 0.257 e. The standard InChI is InChI=1S/C26H31ClN4O2/c1-19-25(20(2)31(28-19)18-22-6-4-5-7-24(22)27)26(32)30-16-14-29(15-17-30)13-12-21-8-10-23(33-3)11-9-21/h4-11H,12-18H2,1-3H3. The monoisotopic (exact) mass is 466 g/mol. The van der Waals surface area contributed by atoms with Crippen LogP contribution in [0.15, 0.2) is 48.5 Å². The van der Waals surface area contributed by atoms with E-state index in [1.807, 2.05) is 59.8 Å². The first-order valence-electron chi connectivity index (χ1n) is 11.4. The summed E-state index contributed by atoms with van der Waals surface area (Å²) in [6.07, 6.45) is 0.991. The van der Waals surface area contributed by atoms with E-state index < -0.39 is 0 Å². The van der Waals surface area contributed by atoms with Crippen molar-refractivity contribution in [2.24, 2.45) is 0 Å². The molecule has 1 amide bonds. The first-order valence-corrected chi connectivity index (χ1v) is 11.8. The number of nitrogens with zero attached hydrogens (tertiary/aromatic N) is 4. The second-order valence-electron chi connectivity index (χ2n) is 8.53. The van der Waals surface area contributed by atoms with Crippen molar-refractivity contribution in [2.75, 3.05) is 39.8 Å². The Bertz CT molecular complexity index is 1100. The molecule has 0 bridgehead atoms. The van der Waals surface area contributed by atoms with Crippen LogP contribution in [0.3, 0.4) is 0 Å². The van der Waals surface area contributed by atoms with Gasteiger partial charge in [0, 0.05) is 43.4 Å². The Labute approximate surface area is 200 Å². The highest BCUT2D eigenvalue weighted by molar-refractivity contribution is 6.31. The molecule has 0 N–H and O–H groups in total. The minimum atomic E-state index is 0.0743. The van der Waals surface area contributed by atoms with Gasteiger partial charge in [0.15, 0.2) is 0 Å². The molecule has 0 saturated carbocycles. The largest absolute Gasteiger partial charge is 0.497 e. The Morgan fingerprint density at radius 2 is 1.73 bits per heavy atom. The summed E-state index contributed by atoms with van der Waals surface area (Å²) in [7, 11) is 1.68. The van der Waals surface area contributed by atoms with Gasteiger partial charge >= 0.3 is 0 Å². The van der Waals surface area contributed by atoms with E-state index in [2.05, 4.69) is 22.1 Å². The number of aromatic nitrogens is 2. The lowest BCUT2D eigenvalue weighted by molar-refractivity contribution is 0.0637. The Kier molecular flexibility index (Phi) is 7.36. The third-order valence-corrected chi connectivity index (χ3v) is 6.78. The molecule has 0 radical (unpaired) electrons. The van der Waals surface area contributed by atoms with Crippen molar-refractivity contribution in [3.8, 4) is 5.75 Å². The van der Waals surface area contributed by atoms with Crippen LogP contribution in [0.5, 0.6) is 5.75 Å². The van der Waals surface area contributed by atoms with Crippen molar-refractivity contribution in [1.82, 2.24) is 19.6 Å². The molecule has 0 atom stereocenters. The number of rotatable bonds is 7. The van der Waals surface area contributed by atoms with Crippen molar-refractivity contribution >= 4 is 17.5 Å². The number of benzene rings is 2. The number of amides is 1. The van der Waals surface area contributed by atoms with Gasteiger partial charge < -0.3 is 9.64 Å². The topological polar surface area (TPSA) is 50.6 Å². The van der Waals surface area contributed by atoms with Crippen LogP contribution >= 0.6 is 11.6 Å². The molecule has 0 unspecified atom stereocenters. The number of aryl methyl sites for hydroxylation is 1. The summed E-state index contributed by atoms with van der Waals surface area (Å²) in [6, 6.07) is 16.0. The molecule has 174 valence electrons. The number of halogens is 1. The van der Waals surface area contributed by atoms with Gasteiger partial charge in [0.1, 0.15) is 5.75 Å². The summed E-state index contributed by atoms with van der Waals surface area (Å²) < 4.78 is 7.11. The third-order valence-electron chi connectivity index (χ3n) is 6.41. The summed E-state index contributed by atoms with van der Waals surface area (Å²) in [5.74, 6) is 0.955. The Morgan fingerprint density at radius 1 is 1.03 bits per heavy atom. The number of ether oxygens (including phenoxy) is 1. The maximum atomic E-state index is 13.3. The molecule has 33 heavy (non-hydrogen) atoms. The number of carbonyl (C=O) groups is 1. The van der Waals surface area contributed by atoms with Crippen LogP contribution < -0.4 is 4.74 Å². The fourth-order valence-corrected chi connectivity index (χ4v) is 4.56. The molecule has 2 heterocycles. The van der Waals surface area contributed by atoms with Gasteiger partial charge in [-0.2, -0.15) is 5.10 Å². The van der Waals surface area contributed by atoms with E-state index >= 15 is 0 Å². The molecule has 1 aliphatic heterocycles. The molecule has 1 aromatic heterocycles. The molecule has 1 saturated heterocycles. The summed E-state index contributed by atoms with van der Waals surface area (Å²) in [5.41, 5.74) is 4.67. The van der Waals surface area contributed by atoms with Crippen molar-refractivity contribution in [3.63, 3.8) is 0 Å². The van der Waals surface area contributed by atoms with Crippen LogP contribution in [-0.4, -0.2) is 65.3 Å². The Balaban J connectivity index is 1.34. The maximum Gasteiger partial charge on any atom is 0.257 e. The molecule has 3 aromatic rings. The molecule has 7 heteroatoms. The predicted molar refractivity (Wildman–Crippen MR) is 131 cm³/mol. The van der Waals surface area contributed by atoms with E-state index in [0.717, 1.165) is 61.8 Å². The number of methoxy groups -OCH3 is 1. The van der Waals surface area contributed by atoms with E-state index in [4.69, 9.17) is 16.3 Å². The molecule has 2 aromatic carbocycles. The zero-order valence-corrected chi connectivity index (χ0v) is 20.3. The average molecular weight is 467 g/mol. The summed E-state index contributed by atoms with van der Waals surface area (Å²) in [4.78, 5) is 17.7. The number of hydrogen-bond acceptors (Lipinski definition) is 4. The Hall–Kier alpha value is -2.83. The first kappa shape index (κ1) is 23.3. The zero-order chi connectivity index (χ0) is 23.4. The lowest BCUT2D eigenvalue weighted by atomic mass is 10.1. The van der Waals surface area contributed by atoms with Gasteiger partial charge in [-0.25, -0.2) is 0 Å². The molecule has 4 rings (SSSR count). The fraction of sp³-hybridized carbons (Fsp3) is 0.385. The normalized spacial score (nSPS) is 14.5. The second-order valence-corrected chi connectivity index (χ2v) is 8.93. The highest BCUT2D eigenvalue weighted by Gasteiger charge is 2.27. The van der Waals surface area contributed by atoms with Crippen LogP contribution in [0.25, 0.3) is 0 Å². The minimum absolute atomic E-state index is 0.0743. The number of hydrogen-bond donors (Lipinski definition) is 0. The quantitative estimate of drug-likeness (QED) is 0.523. The van der Waals surface area contributed by atoms with E-state index in [0.29, 0.717) is 17.1 Å². The summed E-state index contributed by atoms with van der Waals surface area (Å²) in [6.45, 7) is 8.65. The van der Waals surface area contributed by atoms with Gasteiger partial charge in [0.2, 0.25) is 0 Å². The first-order chi connectivity index (χ1) is 16.0. The molecule has 1 aliphatic rings. The van der Waals surface area contributed by atoms with Crippen molar-refractivity contribution < 1.29 is 9.53 Å². The van der Waals surface area contributed by atoms with Crippen molar-refractivity contribution in [2.45, 2.75) is 26.8 Å². The number of carbonyl (C=O) groups excluding carboxylic acids is 1. The third kappa shape index (κ3) is 5.40. The van der Waals surface area contributed by atoms with Crippen LogP contribution in [0, 0.1) is 13.8 Å². The highest BCUT2D eigenvalue weighted by atomic mass is 35.5. The fourth-order valence-electron chi connectivity index (χ4n) is 4.36. The molecule has 1 fully saturated rings. The summed E-state index contributed by atoms with van der Waals surface area (Å²) in [5, 5.41) is 5.36. The van der Waals surface area contributed by atoms with Gasteiger partial charge in [0.25, 0.3) is 5.91 Å². The Morgan fingerprint density at radius 3 is 2.39 bits per heavy atom. The molecular formula is C26H31ClN4O2. The van der Waals surface area contributed by atoms with Crippen LogP contribution in [0.1, 0.15) is 32.9 Å². The molecule has 0 aliphatic carbocycles. The zero-order valence-electron chi connectivity index (χ0n) is 19.6. The summed E-state index contributed by atoms with van der Waals surface area (Å²) >= 11 is 6.32.